The van der Waals surface area contributed by atoms with E-state index in [-0.39, 0.29) is 42.2 Å². The number of anilines is 1. The smallest absolute Gasteiger partial charge is 0.410 e. The molecule has 52 heavy (non-hydrogen) atoms. The van der Waals surface area contributed by atoms with Crippen LogP contribution in [0.1, 0.15) is 81.6 Å². The highest BCUT2D eigenvalue weighted by Gasteiger charge is 2.48. The summed E-state index contributed by atoms with van der Waals surface area (Å²) in [6.45, 7) is 17.9. The molecule has 280 valence electrons. The molecule has 0 aliphatic carbocycles. The van der Waals surface area contributed by atoms with Crippen molar-refractivity contribution >= 4 is 29.6 Å². The van der Waals surface area contributed by atoms with Crippen LogP contribution >= 0.6 is 11.8 Å². The molecule has 0 radical (unpaired) electrons. The molecule has 2 fully saturated rings. The van der Waals surface area contributed by atoms with Gasteiger partial charge in [0.1, 0.15) is 11.4 Å². The van der Waals surface area contributed by atoms with Gasteiger partial charge in [-0.05, 0) is 91.8 Å². The second-order valence-electron chi connectivity index (χ2n) is 15.3. The zero-order valence-corrected chi connectivity index (χ0v) is 32.5. The van der Waals surface area contributed by atoms with Crippen LogP contribution in [0.5, 0.6) is 11.5 Å². The summed E-state index contributed by atoms with van der Waals surface area (Å²) in [4.78, 5) is 52.1. The summed E-state index contributed by atoms with van der Waals surface area (Å²) in [7, 11) is 0. The molecule has 3 aliphatic rings. The average Bonchev–Trinajstić information content (AvgIpc) is 3.45. The molecule has 2 saturated heterocycles. The lowest BCUT2D eigenvalue weighted by atomic mass is 9.89. The average molecular weight is 734 g/mol. The van der Waals surface area contributed by atoms with Crippen LogP contribution in [0.2, 0.25) is 0 Å². The van der Waals surface area contributed by atoms with Gasteiger partial charge in [-0.1, -0.05) is 0 Å². The maximum Gasteiger partial charge on any atom is 0.410 e. The summed E-state index contributed by atoms with van der Waals surface area (Å²) >= 11 is 1.47. The number of hydrogen-bond acceptors (Lipinski definition) is 10. The summed E-state index contributed by atoms with van der Waals surface area (Å²) in [5.74, 6) is 0.488. The van der Waals surface area contributed by atoms with Gasteiger partial charge in [-0.2, -0.15) is 0 Å². The number of nitrogens with zero attached hydrogens (tertiary/aromatic N) is 3. The van der Waals surface area contributed by atoms with Gasteiger partial charge in [0.2, 0.25) is 0 Å². The van der Waals surface area contributed by atoms with Gasteiger partial charge < -0.3 is 39.0 Å². The van der Waals surface area contributed by atoms with Gasteiger partial charge in [0.25, 0.3) is 17.3 Å². The quantitative estimate of drug-likeness (QED) is 0.261. The maximum atomic E-state index is 14.0. The number of aromatic amines is 1. The number of carbonyl (C=O) groups is 2. The lowest BCUT2D eigenvalue weighted by molar-refractivity contribution is -0.124. The molecule has 3 aliphatic heterocycles. The van der Waals surface area contributed by atoms with Crippen molar-refractivity contribution in [2.45, 2.75) is 103 Å². The molecule has 3 atom stereocenters. The van der Waals surface area contributed by atoms with Crippen LogP contribution in [0, 0.1) is 19.8 Å². The number of fused-ring (bicyclic) bond motifs is 1. The van der Waals surface area contributed by atoms with E-state index in [1.54, 1.807) is 4.90 Å². The Morgan fingerprint density at radius 1 is 1.08 bits per heavy atom. The number of ether oxygens (including phenoxy) is 4. The summed E-state index contributed by atoms with van der Waals surface area (Å²) < 4.78 is 25.0. The molecule has 0 bridgehead atoms. The van der Waals surface area contributed by atoms with Crippen molar-refractivity contribution in [2.24, 2.45) is 5.92 Å². The van der Waals surface area contributed by atoms with Crippen LogP contribution in [0.15, 0.2) is 40.2 Å². The summed E-state index contributed by atoms with van der Waals surface area (Å²) in [6, 6.07) is 7.72. The number of H-pyrrole nitrogens is 1. The van der Waals surface area contributed by atoms with Crippen molar-refractivity contribution in [1.82, 2.24) is 20.2 Å². The minimum atomic E-state index is -1.03. The van der Waals surface area contributed by atoms with Crippen molar-refractivity contribution in [3.05, 3.63) is 63.2 Å². The van der Waals surface area contributed by atoms with Gasteiger partial charge in [-0.3, -0.25) is 9.59 Å². The topological polar surface area (TPSA) is 135 Å². The molecule has 2 N–H and O–H groups in total. The second kappa shape index (κ2) is 14.7. The number of aryl methyl sites for hydroxylation is 1. The molecule has 2 amide bonds. The van der Waals surface area contributed by atoms with Gasteiger partial charge in [0.05, 0.1) is 12.2 Å². The number of pyridine rings is 2. The summed E-state index contributed by atoms with van der Waals surface area (Å²) in [5, 5.41) is 2.98. The second-order valence-corrected chi connectivity index (χ2v) is 16.1. The highest BCUT2D eigenvalue weighted by molar-refractivity contribution is 7.98. The van der Waals surface area contributed by atoms with Gasteiger partial charge in [-0.25, -0.2) is 9.78 Å². The number of nitrogens with one attached hydrogen (secondary N) is 2. The van der Waals surface area contributed by atoms with Crippen LogP contribution < -0.4 is 25.2 Å². The van der Waals surface area contributed by atoms with Crippen LogP contribution in [-0.2, 0) is 16.0 Å². The molecule has 6 rings (SSSR count). The fourth-order valence-corrected chi connectivity index (χ4v) is 8.02. The Labute approximate surface area is 309 Å². The van der Waals surface area contributed by atoms with E-state index in [1.165, 1.54) is 11.8 Å². The third-order valence-corrected chi connectivity index (χ3v) is 10.7. The number of hydrogen-bond donors (Lipinski definition) is 2. The van der Waals surface area contributed by atoms with Crippen molar-refractivity contribution in [3.8, 4) is 22.6 Å². The largest absolute Gasteiger partial charge is 0.448 e. The predicted octanol–water partition coefficient (Wildman–Crippen LogP) is 6.45. The van der Waals surface area contributed by atoms with Crippen molar-refractivity contribution in [2.75, 3.05) is 37.3 Å². The van der Waals surface area contributed by atoms with Gasteiger partial charge in [-0.15, -0.1) is 11.8 Å². The number of piperidine rings is 1. The molecule has 5 heterocycles. The van der Waals surface area contributed by atoms with Crippen molar-refractivity contribution in [1.29, 1.82) is 0 Å². The number of thioether (sulfide) groups is 1. The fourth-order valence-electron chi connectivity index (χ4n) is 7.31. The Kier molecular flexibility index (Phi) is 10.6. The van der Waals surface area contributed by atoms with Crippen LogP contribution in [-0.4, -0.2) is 82.9 Å². The number of carbonyl (C=O) groups excluding carboxylic acids is 2. The standard InChI is InChI=1S/C39H51N5O7S/c1-22-16-31(52-9)30(36(46)42-22)19-41-35(45)28-17-29(26-10-11-32(40-18-26)44-20-23(2)48-24(3)21-44)34-33(25(28)4)49-39(8,50-34)27-12-14-43(15-13-27)37(47)51-38(5,6)7/h10-11,16-18,23-24,27H,12-15,19-21H2,1-9H3,(H,41,45)(H,42,46). The van der Waals surface area contributed by atoms with E-state index in [0.717, 1.165) is 35.1 Å². The highest BCUT2D eigenvalue weighted by atomic mass is 32.2. The van der Waals surface area contributed by atoms with E-state index >= 15 is 0 Å². The molecule has 3 unspecified atom stereocenters. The van der Waals surface area contributed by atoms with E-state index in [1.807, 2.05) is 78.3 Å². The Balaban J connectivity index is 1.30. The van der Waals surface area contributed by atoms with E-state index < -0.39 is 11.4 Å². The monoisotopic (exact) mass is 733 g/mol. The van der Waals surface area contributed by atoms with E-state index in [2.05, 4.69) is 29.0 Å². The molecule has 2 aromatic heterocycles. The number of morpholine rings is 1. The first kappa shape index (κ1) is 37.5. The molecule has 3 aromatic rings. The van der Waals surface area contributed by atoms with Crippen LogP contribution in [0.4, 0.5) is 10.6 Å². The molecule has 0 spiro atoms. The minimum Gasteiger partial charge on any atom is -0.448 e. The first-order chi connectivity index (χ1) is 24.5. The third-order valence-electron chi connectivity index (χ3n) is 9.90. The maximum absolute atomic E-state index is 14.0. The third kappa shape index (κ3) is 7.90. The summed E-state index contributed by atoms with van der Waals surface area (Å²) in [6.07, 6.45) is 4.88. The van der Waals surface area contributed by atoms with Gasteiger partial charge >= 0.3 is 6.09 Å². The highest BCUT2D eigenvalue weighted by Crippen LogP contribution is 2.52. The lowest BCUT2D eigenvalue weighted by Crippen LogP contribution is -2.50. The van der Waals surface area contributed by atoms with E-state index in [4.69, 9.17) is 23.9 Å². The van der Waals surface area contributed by atoms with Crippen molar-refractivity contribution < 1.29 is 28.5 Å². The van der Waals surface area contributed by atoms with E-state index in [0.29, 0.717) is 59.7 Å². The molecule has 0 saturated carbocycles. The Morgan fingerprint density at radius 3 is 2.37 bits per heavy atom. The molecular formula is C39H51N5O7S. The van der Waals surface area contributed by atoms with E-state index in [9.17, 15) is 14.4 Å². The summed E-state index contributed by atoms with van der Waals surface area (Å²) in [5.41, 5.74) is 2.97. The van der Waals surface area contributed by atoms with Gasteiger partial charge in [0, 0.05) is 90.2 Å². The Bertz CT molecular complexity index is 1870. The first-order valence-corrected chi connectivity index (χ1v) is 19.2. The molecule has 12 nitrogen and oxygen atoms in total. The molecule has 1 aromatic carbocycles. The predicted molar refractivity (Wildman–Crippen MR) is 202 cm³/mol. The Hall–Kier alpha value is -4.23. The van der Waals surface area contributed by atoms with Crippen LogP contribution in [0.25, 0.3) is 11.1 Å². The zero-order valence-electron chi connectivity index (χ0n) is 31.7. The SMILES string of the molecule is CSc1cc(C)[nH]c(=O)c1CNC(=O)c1cc(-c2ccc(N3CC(C)OC(C)C3)nc2)c2c(c1C)OC(C)(C1CCN(C(=O)OC(C)(C)C)CC1)O2. The normalized spacial score (nSPS) is 22.0. The van der Waals surface area contributed by atoms with Crippen molar-refractivity contribution in [3.63, 3.8) is 0 Å². The molecular weight excluding hydrogens is 683 g/mol. The number of likely N-dealkylation sites (tertiary alicyclic amines) is 1. The fraction of sp³-hybridized carbons (Fsp3) is 0.538. The number of amides is 2. The molecule has 13 heteroatoms. The lowest BCUT2D eigenvalue weighted by Gasteiger charge is -2.39. The zero-order chi connectivity index (χ0) is 37.5. The Morgan fingerprint density at radius 2 is 1.75 bits per heavy atom. The van der Waals surface area contributed by atoms with Gasteiger partial charge in [0.15, 0.2) is 11.5 Å². The first-order valence-electron chi connectivity index (χ1n) is 18.0. The van der Waals surface area contributed by atoms with Crippen LogP contribution in [0.3, 0.4) is 0 Å². The number of aromatic nitrogens is 2. The minimum absolute atomic E-state index is 0.0351. The number of benzene rings is 1. The number of rotatable bonds is 7.